The Morgan fingerprint density at radius 1 is 1.37 bits per heavy atom. The van der Waals surface area contributed by atoms with Crippen molar-refractivity contribution in [3.05, 3.63) is 35.9 Å². The fourth-order valence-electron chi connectivity index (χ4n) is 2.53. The van der Waals surface area contributed by atoms with E-state index < -0.39 is 0 Å². The summed E-state index contributed by atoms with van der Waals surface area (Å²) in [7, 11) is 0. The Labute approximate surface area is 116 Å². The number of hydrogen-bond acceptors (Lipinski definition) is 2. The highest BCUT2D eigenvalue weighted by Gasteiger charge is 2.22. The summed E-state index contributed by atoms with van der Waals surface area (Å²) >= 11 is 0. The van der Waals surface area contributed by atoms with E-state index in [-0.39, 0.29) is 11.8 Å². The molecule has 3 heteroatoms. The lowest BCUT2D eigenvalue weighted by molar-refractivity contribution is -0.125. The van der Waals surface area contributed by atoms with Crippen LogP contribution in [0.25, 0.3) is 0 Å². The number of carbonyl (C=O) groups is 1. The summed E-state index contributed by atoms with van der Waals surface area (Å²) in [5.41, 5.74) is 1.35. The maximum absolute atomic E-state index is 11.7. The van der Waals surface area contributed by atoms with Crippen LogP contribution in [0.1, 0.15) is 32.3 Å². The molecule has 0 aromatic heterocycles. The average molecular weight is 260 g/mol. The SMILES string of the molecule is CC(C)C(=O)NC1CCCN(Cc2ccccc2)C1. The van der Waals surface area contributed by atoms with Gasteiger partial charge >= 0.3 is 0 Å². The first-order valence-corrected chi connectivity index (χ1v) is 7.22. The first kappa shape index (κ1) is 14.1. The molecular weight excluding hydrogens is 236 g/mol. The van der Waals surface area contributed by atoms with Gasteiger partial charge in [-0.3, -0.25) is 9.69 Å². The Morgan fingerprint density at radius 3 is 2.79 bits per heavy atom. The fraction of sp³-hybridized carbons (Fsp3) is 0.562. The van der Waals surface area contributed by atoms with Gasteiger partial charge in [0.1, 0.15) is 0 Å². The van der Waals surface area contributed by atoms with E-state index in [9.17, 15) is 4.79 Å². The molecule has 1 fully saturated rings. The molecule has 1 aliphatic rings. The largest absolute Gasteiger partial charge is 0.352 e. The zero-order valence-electron chi connectivity index (χ0n) is 11.9. The van der Waals surface area contributed by atoms with Crippen LogP contribution in [0, 0.1) is 5.92 Å². The minimum absolute atomic E-state index is 0.0736. The summed E-state index contributed by atoms with van der Waals surface area (Å²) in [5, 5.41) is 3.15. The van der Waals surface area contributed by atoms with E-state index in [1.54, 1.807) is 0 Å². The Morgan fingerprint density at radius 2 is 2.11 bits per heavy atom. The number of amides is 1. The predicted octanol–water partition coefficient (Wildman–Crippen LogP) is 2.42. The molecule has 0 aliphatic carbocycles. The molecule has 0 spiro atoms. The van der Waals surface area contributed by atoms with Crippen LogP contribution in [0.2, 0.25) is 0 Å². The minimum atomic E-state index is 0.0736. The highest BCUT2D eigenvalue weighted by Crippen LogP contribution is 2.14. The second-order valence-corrected chi connectivity index (χ2v) is 5.72. The number of likely N-dealkylation sites (tertiary alicyclic amines) is 1. The van der Waals surface area contributed by atoms with Crippen molar-refractivity contribution in [2.24, 2.45) is 5.92 Å². The van der Waals surface area contributed by atoms with E-state index in [1.165, 1.54) is 5.56 Å². The monoisotopic (exact) mass is 260 g/mol. The molecular formula is C16H24N2O. The summed E-state index contributed by atoms with van der Waals surface area (Å²) < 4.78 is 0. The van der Waals surface area contributed by atoms with E-state index in [0.29, 0.717) is 6.04 Å². The van der Waals surface area contributed by atoms with Gasteiger partial charge in [0.05, 0.1) is 0 Å². The van der Waals surface area contributed by atoms with Crippen molar-refractivity contribution in [2.45, 2.75) is 39.3 Å². The quantitative estimate of drug-likeness (QED) is 0.901. The van der Waals surface area contributed by atoms with Gasteiger partial charge < -0.3 is 5.32 Å². The van der Waals surface area contributed by atoms with Crippen LogP contribution in [-0.2, 0) is 11.3 Å². The van der Waals surface area contributed by atoms with Crippen molar-refractivity contribution in [1.29, 1.82) is 0 Å². The molecule has 1 N–H and O–H groups in total. The van der Waals surface area contributed by atoms with Gasteiger partial charge in [-0.25, -0.2) is 0 Å². The number of benzene rings is 1. The molecule has 1 atom stereocenters. The second kappa shape index (κ2) is 6.71. The molecule has 0 bridgehead atoms. The second-order valence-electron chi connectivity index (χ2n) is 5.72. The first-order chi connectivity index (χ1) is 9.15. The lowest BCUT2D eigenvalue weighted by Gasteiger charge is -2.33. The van der Waals surface area contributed by atoms with Gasteiger partial charge in [0.25, 0.3) is 0 Å². The van der Waals surface area contributed by atoms with Gasteiger partial charge in [0, 0.05) is 25.0 Å². The Balaban J connectivity index is 1.85. The molecule has 104 valence electrons. The number of nitrogens with zero attached hydrogens (tertiary/aromatic N) is 1. The maximum atomic E-state index is 11.7. The topological polar surface area (TPSA) is 32.3 Å². The summed E-state index contributed by atoms with van der Waals surface area (Å²) in [6.45, 7) is 6.96. The zero-order chi connectivity index (χ0) is 13.7. The predicted molar refractivity (Wildman–Crippen MR) is 77.7 cm³/mol. The minimum Gasteiger partial charge on any atom is -0.352 e. The van der Waals surface area contributed by atoms with Gasteiger partial charge in [-0.15, -0.1) is 0 Å². The van der Waals surface area contributed by atoms with E-state index in [2.05, 4.69) is 34.5 Å². The van der Waals surface area contributed by atoms with Crippen molar-refractivity contribution >= 4 is 5.91 Å². The molecule has 1 aliphatic heterocycles. The highest BCUT2D eigenvalue weighted by atomic mass is 16.1. The van der Waals surface area contributed by atoms with Crippen LogP contribution in [0.5, 0.6) is 0 Å². The van der Waals surface area contributed by atoms with E-state index >= 15 is 0 Å². The number of hydrogen-bond donors (Lipinski definition) is 1. The van der Waals surface area contributed by atoms with Crippen LogP contribution < -0.4 is 5.32 Å². The maximum Gasteiger partial charge on any atom is 0.222 e. The highest BCUT2D eigenvalue weighted by molar-refractivity contribution is 5.78. The molecule has 1 heterocycles. The third-order valence-corrected chi connectivity index (χ3v) is 3.63. The van der Waals surface area contributed by atoms with Gasteiger partial charge in [0.2, 0.25) is 5.91 Å². The summed E-state index contributed by atoms with van der Waals surface area (Å²) in [6, 6.07) is 10.8. The lowest BCUT2D eigenvalue weighted by Crippen LogP contribution is -2.48. The van der Waals surface area contributed by atoms with Gasteiger partial charge in [0.15, 0.2) is 0 Å². The molecule has 3 nitrogen and oxygen atoms in total. The summed E-state index contributed by atoms with van der Waals surface area (Å²) in [5.74, 6) is 0.246. The van der Waals surface area contributed by atoms with Crippen LogP contribution in [-0.4, -0.2) is 29.9 Å². The van der Waals surface area contributed by atoms with Crippen molar-refractivity contribution in [3.63, 3.8) is 0 Å². The third-order valence-electron chi connectivity index (χ3n) is 3.63. The number of carbonyl (C=O) groups excluding carboxylic acids is 1. The van der Waals surface area contributed by atoms with Gasteiger partial charge in [-0.05, 0) is 24.9 Å². The molecule has 1 saturated heterocycles. The zero-order valence-corrected chi connectivity index (χ0v) is 11.9. The molecule has 19 heavy (non-hydrogen) atoms. The molecule has 2 rings (SSSR count). The lowest BCUT2D eigenvalue weighted by atomic mass is 10.0. The van der Waals surface area contributed by atoms with E-state index in [4.69, 9.17) is 0 Å². The van der Waals surface area contributed by atoms with Crippen molar-refractivity contribution in [1.82, 2.24) is 10.2 Å². The summed E-state index contributed by atoms with van der Waals surface area (Å²) in [4.78, 5) is 14.2. The summed E-state index contributed by atoms with van der Waals surface area (Å²) in [6.07, 6.45) is 2.26. The molecule has 1 aromatic carbocycles. The molecule has 0 radical (unpaired) electrons. The van der Waals surface area contributed by atoms with Crippen molar-refractivity contribution < 1.29 is 4.79 Å². The van der Waals surface area contributed by atoms with Crippen LogP contribution in [0.15, 0.2) is 30.3 Å². The van der Waals surface area contributed by atoms with E-state index in [0.717, 1.165) is 32.5 Å². The Hall–Kier alpha value is -1.35. The Kier molecular flexibility index (Phi) is 4.97. The molecule has 1 amide bonds. The molecule has 0 saturated carbocycles. The van der Waals surface area contributed by atoms with Crippen LogP contribution in [0.3, 0.4) is 0 Å². The first-order valence-electron chi connectivity index (χ1n) is 7.22. The van der Waals surface area contributed by atoms with Crippen molar-refractivity contribution in [2.75, 3.05) is 13.1 Å². The number of rotatable bonds is 4. The Bertz CT molecular complexity index is 402. The standard InChI is InChI=1S/C16H24N2O/c1-13(2)16(19)17-15-9-6-10-18(12-15)11-14-7-4-3-5-8-14/h3-5,7-8,13,15H,6,9-12H2,1-2H3,(H,17,19). The van der Waals surface area contributed by atoms with Gasteiger partial charge in [-0.2, -0.15) is 0 Å². The molecule has 1 aromatic rings. The fourth-order valence-corrected chi connectivity index (χ4v) is 2.53. The average Bonchev–Trinajstić information content (AvgIpc) is 2.40. The number of piperidine rings is 1. The normalized spacial score (nSPS) is 20.5. The van der Waals surface area contributed by atoms with E-state index in [1.807, 2.05) is 19.9 Å². The number of nitrogens with one attached hydrogen (secondary N) is 1. The van der Waals surface area contributed by atoms with Crippen LogP contribution >= 0.6 is 0 Å². The van der Waals surface area contributed by atoms with Crippen LogP contribution in [0.4, 0.5) is 0 Å². The smallest absolute Gasteiger partial charge is 0.222 e. The van der Waals surface area contributed by atoms with Crippen molar-refractivity contribution in [3.8, 4) is 0 Å². The van der Waals surface area contributed by atoms with Gasteiger partial charge in [-0.1, -0.05) is 44.2 Å². The third kappa shape index (κ3) is 4.35. The molecule has 1 unspecified atom stereocenters.